The van der Waals surface area contributed by atoms with Crippen molar-refractivity contribution >= 4 is 5.91 Å². The lowest BCUT2D eigenvalue weighted by atomic mass is 9.97. The fraction of sp³-hybridized carbons (Fsp3) is 0.391. The molecule has 0 bridgehead atoms. The topological polar surface area (TPSA) is 60.5 Å². The van der Waals surface area contributed by atoms with Gasteiger partial charge >= 0.3 is 0 Å². The number of nitrogens with one attached hydrogen (secondary N) is 1. The van der Waals surface area contributed by atoms with Crippen molar-refractivity contribution in [3.63, 3.8) is 0 Å². The van der Waals surface area contributed by atoms with Crippen molar-refractivity contribution in [2.45, 2.75) is 45.6 Å². The van der Waals surface area contributed by atoms with Crippen LogP contribution in [0.2, 0.25) is 0 Å². The van der Waals surface area contributed by atoms with Gasteiger partial charge in [0.1, 0.15) is 6.61 Å². The van der Waals surface area contributed by atoms with Crippen LogP contribution in [0, 0.1) is 0 Å². The van der Waals surface area contributed by atoms with E-state index in [2.05, 4.69) is 16.4 Å². The lowest BCUT2D eigenvalue weighted by molar-refractivity contribution is 0.0953. The van der Waals surface area contributed by atoms with E-state index in [4.69, 9.17) is 9.47 Å². The molecule has 5 heteroatoms. The summed E-state index contributed by atoms with van der Waals surface area (Å²) < 4.78 is 11.6. The van der Waals surface area contributed by atoms with Gasteiger partial charge in [-0.25, -0.2) is 0 Å². The summed E-state index contributed by atoms with van der Waals surface area (Å²) >= 11 is 0. The highest BCUT2D eigenvalue weighted by atomic mass is 16.5. The maximum Gasteiger partial charge on any atom is 0.251 e. The molecule has 1 aromatic carbocycles. The van der Waals surface area contributed by atoms with Crippen LogP contribution in [-0.4, -0.2) is 24.0 Å². The van der Waals surface area contributed by atoms with Gasteiger partial charge in [0.05, 0.1) is 6.61 Å². The van der Waals surface area contributed by atoms with Crippen LogP contribution in [0.5, 0.6) is 11.5 Å². The van der Waals surface area contributed by atoms with Gasteiger partial charge in [0, 0.05) is 30.1 Å². The summed E-state index contributed by atoms with van der Waals surface area (Å²) in [5, 5.41) is 3.01. The maximum atomic E-state index is 12.5. The van der Waals surface area contributed by atoms with E-state index in [0.717, 1.165) is 18.4 Å². The van der Waals surface area contributed by atoms with E-state index in [1.54, 1.807) is 30.6 Å². The third-order valence-corrected chi connectivity index (χ3v) is 4.74. The number of carbonyl (C=O) groups excluding carboxylic acids is 1. The summed E-state index contributed by atoms with van der Waals surface area (Å²) in [5.74, 6) is 1.11. The third kappa shape index (κ3) is 5.84. The SMILES string of the molecule is CCOc1cc(C(=O)NCCC2=CCCCC2)ccc1OCc1cccnc1. The Balaban J connectivity index is 1.58. The first-order valence-electron chi connectivity index (χ1n) is 10.0. The number of ether oxygens (including phenoxy) is 2. The molecule has 1 aliphatic carbocycles. The molecule has 0 aliphatic heterocycles. The van der Waals surface area contributed by atoms with Crippen molar-refractivity contribution in [1.82, 2.24) is 10.3 Å². The molecule has 3 rings (SSSR count). The van der Waals surface area contributed by atoms with Crippen LogP contribution < -0.4 is 14.8 Å². The largest absolute Gasteiger partial charge is 0.490 e. The number of pyridine rings is 1. The van der Waals surface area contributed by atoms with Gasteiger partial charge in [0.25, 0.3) is 5.91 Å². The van der Waals surface area contributed by atoms with Gasteiger partial charge in [-0.15, -0.1) is 0 Å². The highest BCUT2D eigenvalue weighted by molar-refractivity contribution is 5.94. The van der Waals surface area contributed by atoms with Crippen molar-refractivity contribution in [1.29, 1.82) is 0 Å². The van der Waals surface area contributed by atoms with E-state index >= 15 is 0 Å². The number of benzene rings is 1. The monoisotopic (exact) mass is 380 g/mol. The summed E-state index contributed by atoms with van der Waals surface area (Å²) in [6.45, 7) is 3.47. The molecule has 2 aromatic rings. The maximum absolute atomic E-state index is 12.5. The van der Waals surface area contributed by atoms with Crippen LogP contribution in [-0.2, 0) is 6.61 Å². The van der Waals surface area contributed by atoms with Gasteiger partial charge in [0.15, 0.2) is 11.5 Å². The molecular weight excluding hydrogens is 352 g/mol. The molecule has 0 saturated carbocycles. The minimum atomic E-state index is -0.0869. The van der Waals surface area contributed by atoms with Gasteiger partial charge < -0.3 is 14.8 Å². The van der Waals surface area contributed by atoms with Crippen LogP contribution in [0.1, 0.15) is 54.9 Å². The normalized spacial score (nSPS) is 13.5. The van der Waals surface area contributed by atoms with Crippen LogP contribution in [0.15, 0.2) is 54.4 Å². The smallest absolute Gasteiger partial charge is 0.251 e. The first kappa shape index (κ1) is 19.9. The molecule has 1 aliphatic rings. The molecule has 1 aromatic heterocycles. The van der Waals surface area contributed by atoms with E-state index in [9.17, 15) is 4.79 Å². The Hall–Kier alpha value is -2.82. The fourth-order valence-electron chi connectivity index (χ4n) is 3.25. The number of rotatable bonds is 9. The fourth-order valence-corrected chi connectivity index (χ4v) is 3.25. The van der Waals surface area contributed by atoms with E-state index in [1.807, 2.05) is 19.1 Å². The van der Waals surface area contributed by atoms with E-state index in [-0.39, 0.29) is 5.91 Å². The zero-order valence-electron chi connectivity index (χ0n) is 16.4. The second kappa shape index (κ2) is 10.5. The Morgan fingerprint density at radius 3 is 2.86 bits per heavy atom. The predicted octanol–water partition coefficient (Wildman–Crippen LogP) is 4.68. The molecule has 148 valence electrons. The van der Waals surface area contributed by atoms with Crippen molar-refractivity contribution in [2.75, 3.05) is 13.2 Å². The molecule has 1 amide bonds. The van der Waals surface area contributed by atoms with Gasteiger partial charge in [-0.1, -0.05) is 17.7 Å². The molecule has 0 unspecified atom stereocenters. The second-order valence-electron chi connectivity index (χ2n) is 6.86. The predicted molar refractivity (Wildman–Crippen MR) is 110 cm³/mol. The Morgan fingerprint density at radius 2 is 2.11 bits per heavy atom. The number of hydrogen-bond acceptors (Lipinski definition) is 4. The Labute approximate surface area is 166 Å². The van der Waals surface area contributed by atoms with Crippen LogP contribution in [0.25, 0.3) is 0 Å². The van der Waals surface area contributed by atoms with Gasteiger partial charge in [-0.3, -0.25) is 9.78 Å². The number of nitrogens with zero attached hydrogens (tertiary/aromatic N) is 1. The summed E-state index contributed by atoms with van der Waals surface area (Å²) in [5.41, 5.74) is 3.01. The summed E-state index contributed by atoms with van der Waals surface area (Å²) in [6.07, 6.45) is 11.6. The lowest BCUT2D eigenvalue weighted by Crippen LogP contribution is -2.25. The molecule has 0 fully saturated rings. The molecule has 0 atom stereocenters. The number of carbonyl (C=O) groups is 1. The Kier molecular flexibility index (Phi) is 7.47. The second-order valence-corrected chi connectivity index (χ2v) is 6.86. The molecule has 0 saturated heterocycles. The van der Waals surface area contributed by atoms with Gasteiger partial charge in [-0.05, 0) is 63.3 Å². The zero-order chi connectivity index (χ0) is 19.6. The van der Waals surface area contributed by atoms with Crippen molar-refractivity contribution in [3.8, 4) is 11.5 Å². The Morgan fingerprint density at radius 1 is 1.18 bits per heavy atom. The first-order valence-corrected chi connectivity index (χ1v) is 10.0. The van der Waals surface area contributed by atoms with Gasteiger partial charge in [0.2, 0.25) is 0 Å². The standard InChI is InChI=1S/C23H28N2O3/c1-2-27-22-15-20(23(26)25-14-12-18-7-4-3-5-8-18)10-11-21(22)28-17-19-9-6-13-24-16-19/h6-7,9-11,13,15-16H,2-5,8,12,14,17H2,1H3,(H,25,26). The number of aromatic nitrogens is 1. The van der Waals surface area contributed by atoms with Crippen molar-refractivity contribution in [3.05, 3.63) is 65.5 Å². The minimum Gasteiger partial charge on any atom is -0.490 e. The molecule has 1 N–H and O–H groups in total. The molecule has 0 radical (unpaired) electrons. The molecule has 1 heterocycles. The number of hydrogen-bond donors (Lipinski definition) is 1. The lowest BCUT2D eigenvalue weighted by Gasteiger charge is -2.14. The highest BCUT2D eigenvalue weighted by Crippen LogP contribution is 2.29. The molecule has 5 nitrogen and oxygen atoms in total. The van der Waals surface area contributed by atoms with Crippen LogP contribution in [0.3, 0.4) is 0 Å². The summed E-state index contributed by atoms with van der Waals surface area (Å²) in [4.78, 5) is 16.6. The zero-order valence-corrected chi connectivity index (χ0v) is 16.4. The van der Waals surface area contributed by atoms with Crippen molar-refractivity contribution in [2.24, 2.45) is 0 Å². The Bertz CT molecular complexity index is 803. The molecular formula is C23H28N2O3. The van der Waals surface area contributed by atoms with Crippen LogP contribution >= 0.6 is 0 Å². The average Bonchev–Trinajstić information content (AvgIpc) is 2.74. The number of allylic oxidation sites excluding steroid dienone is 1. The highest BCUT2D eigenvalue weighted by Gasteiger charge is 2.12. The summed E-state index contributed by atoms with van der Waals surface area (Å²) in [7, 11) is 0. The van der Waals surface area contributed by atoms with E-state index < -0.39 is 0 Å². The van der Waals surface area contributed by atoms with Crippen molar-refractivity contribution < 1.29 is 14.3 Å². The summed E-state index contributed by atoms with van der Waals surface area (Å²) in [6, 6.07) is 9.14. The third-order valence-electron chi connectivity index (χ3n) is 4.74. The van der Waals surface area contributed by atoms with E-state index in [1.165, 1.54) is 24.8 Å². The number of amides is 1. The average molecular weight is 380 g/mol. The van der Waals surface area contributed by atoms with Crippen LogP contribution in [0.4, 0.5) is 0 Å². The molecule has 28 heavy (non-hydrogen) atoms. The molecule has 0 spiro atoms. The van der Waals surface area contributed by atoms with Gasteiger partial charge in [-0.2, -0.15) is 0 Å². The van der Waals surface area contributed by atoms with E-state index in [0.29, 0.717) is 36.8 Å². The first-order chi connectivity index (χ1) is 13.8. The minimum absolute atomic E-state index is 0.0869. The quantitative estimate of drug-likeness (QED) is 0.642.